The van der Waals surface area contributed by atoms with Crippen molar-refractivity contribution in [3.05, 3.63) is 54.1 Å². The van der Waals surface area contributed by atoms with E-state index >= 15 is 0 Å². The lowest BCUT2D eigenvalue weighted by atomic mass is 10.2. The van der Waals surface area contributed by atoms with Gasteiger partial charge in [-0.3, -0.25) is 14.4 Å². The van der Waals surface area contributed by atoms with Crippen molar-refractivity contribution in [2.75, 3.05) is 31.5 Å². The van der Waals surface area contributed by atoms with E-state index in [2.05, 4.69) is 5.32 Å². The minimum atomic E-state index is -0.210. The number of hydrogen-bond donors (Lipinski definition) is 1. The highest BCUT2D eigenvalue weighted by Gasteiger charge is 2.22. The molecule has 7 nitrogen and oxygen atoms in total. The first kappa shape index (κ1) is 21.4. The van der Waals surface area contributed by atoms with Crippen molar-refractivity contribution in [2.45, 2.75) is 26.7 Å². The Morgan fingerprint density at radius 1 is 0.900 bits per heavy atom. The summed E-state index contributed by atoms with van der Waals surface area (Å²) >= 11 is 0. The molecule has 1 saturated heterocycles. The van der Waals surface area contributed by atoms with Crippen molar-refractivity contribution < 1.29 is 19.1 Å². The fraction of sp³-hybridized carbons (Fsp3) is 0.348. The molecule has 0 radical (unpaired) electrons. The van der Waals surface area contributed by atoms with E-state index < -0.39 is 0 Å². The van der Waals surface area contributed by atoms with Gasteiger partial charge < -0.3 is 19.9 Å². The maximum absolute atomic E-state index is 12.3. The summed E-state index contributed by atoms with van der Waals surface area (Å²) in [4.78, 5) is 39.3. The Kier molecular flexibility index (Phi) is 7.06. The number of hydrogen-bond acceptors (Lipinski definition) is 4. The normalized spacial score (nSPS) is 13.7. The van der Waals surface area contributed by atoms with Crippen molar-refractivity contribution >= 4 is 23.4 Å². The molecule has 3 amide bonds. The standard InChI is InChI=1S/C23H27N3O4/c1-17-4-3-5-21(16-17)30-20-8-6-19(7-9-20)24-22(28)10-11-23(29)26-14-12-25(13-15-26)18(2)27/h3-9,16H,10-15H2,1-2H3,(H,24,28). The number of benzene rings is 2. The average molecular weight is 409 g/mol. The van der Waals surface area contributed by atoms with Crippen molar-refractivity contribution in [1.82, 2.24) is 9.80 Å². The van der Waals surface area contributed by atoms with Crippen LogP contribution >= 0.6 is 0 Å². The molecule has 1 heterocycles. The third kappa shape index (κ3) is 6.07. The van der Waals surface area contributed by atoms with E-state index in [-0.39, 0.29) is 30.6 Å². The van der Waals surface area contributed by atoms with Gasteiger partial charge in [-0.2, -0.15) is 0 Å². The van der Waals surface area contributed by atoms with Crippen molar-refractivity contribution in [2.24, 2.45) is 0 Å². The highest BCUT2D eigenvalue weighted by atomic mass is 16.5. The number of nitrogens with one attached hydrogen (secondary N) is 1. The van der Waals surface area contributed by atoms with E-state index in [0.29, 0.717) is 37.6 Å². The van der Waals surface area contributed by atoms with Gasteiger partial charge in [0.2, 0.25) is 17.7 Å². The molecule has 0 aromatic heterocycles. The number of nitrogens with zero attached hydrogens (tertiary/aromatic N) is 2. The minimum Gasteiger partial charge on any atom is -0.457 e. The number of carbonyl (C=O) groups is 3. The van der Waals surface area contributed by atoms with Gasteiger partial charge in [0.05, 0.1) is 0 Å². The molecule has 2 aromatic carbocycles. The lowest BCUT2D eigenvalue weighted by Gasteiger charge is -2.34. The van der Waals surface area contributed by atoms with Crippen LogP contribution in [0.5, 0.6) is 11.5 Å². The van der Waals surface area contributed by atoms with Crippen LogP contribution in [-0.2, 0) is 14.4 Å². The predicted octanol–water partition coefficient (Wildman–Crippen LogP) is 3.20. The summed E-state index contributed by atoms with van der Waals surface area (Å²) in [6.45, 7) is 5.66. The summed E-state index contributed by atoms with van der Waals surface area (Å²) in [5.41, 5.74) is 1.77. The van der Waals surface area contributed by atoms with Gasteiger partial charge >= 0.3 is 0 Å². The molecule has 1 aliphatic rings. The second-order valence-electron chi connectivity index (χ2n) is 7.38. The number of rotatable bonds is 6. The number of amides is 3. The molecule has 0 unspecified atom stereocenters. The summed E-state index contributed by atoms with van der Waals surface area (Å²) in [7, 11) is 0. The minimum absolute atomic E-state index is 0.0248. The Hall–Kier alpha value is -3.35. The monoisotopic (exact) mass is 409 g/mol. The van der Waals surface area contributed by atoms with Crippen LogP contribution in [0.25, 0.3) is 0 Å². The quantitative estimate of drug-likeness (QED) is 0.795. The molecule has 3 rings (SSSR count). The van der Waals surface area contributed by atoms with Gasteiger partial charge in [0.15, 0.2) is 0 Å². The van der Waals surface area contributed by atoms with E-state index in [1.807, 2.05) is 31.2 Å². The van der Waals surface area contributed by atoms with Crippen LogP contribution in [0.1, 0.15) is 25.3 Å². The van der Waals surface area contributed by atoms with E-state index in [1.54, 1.807) is 34.1 Å². The Labute approximate surface area is 176 Å². The van der Waals surface area contributed by atoms with Crippen LogP contribution in [0, 0.1) is 6.92 Å². The van der Waals surface area contributed by atoms with Gasteiger partial charge in [-0.15, -0.1) is 0 Å². The number of aryl methyl sites for hydroxylation is 1. The molecule has 2 aromatic rings. The summed E-state index contributed by atoms with van der Waals surface area (Å²) in [6, 6.07) is 14.9. The molecular weight excluding hydrogens is 382 g/mol. The van der Waals surface area contributed by atoms with Crippen LogP contribution in [0.15, 0.2) is 48.5 Å². The zero-order chi connectivity index (χ0) is 21.5. The Morgan fingerprint density at radius 3 is 2.20 bits per heavy atom. The summed E-state index contributed by atoms with van der Waals surface area (Å²) in [5.74, 6) is 1.19. The topological polar surface area (TPSA) is 79.0 Å². The highest BCUT2D eigenvalue weighted by Crippen LogP contribution is 2.23. The maximum Gasteiger partial charge on any atom is 0.224 e. The van der Waals surface area contributed by atoms with Crippen molar-refractivity contribution in [1.29, 1.82) is 0 Å². The van der Waals surface area contributed by atoms with E-state index in [9.17, 15) is 14.4 Å². The van der Waals surface area contributed by atoms with Gasteiger partial charge in [0.25, 0.3) is 0 Å². The second kappa shape index (κ2) is 9.91. The second-order valence-corrected chi connectivity index (χ2v) is 7.38. The van der Waals surface area contributed by atoms with Gasteiger partial charge in [-0.05, 0) is 48.9 Å². The van der Waals surface area contributed by atoms with Gasteiger partial charge in [0, 0.05) is 51.6 Å². The number of anilines is 1. The van der Waals surface area contributed by atoms with Crippen molar-refractivity contribution in [3.63, 3.8) is 0 Å². The Balaban J connectivity index is 1.42. The molecule has 0 spiro atoms. The van der Waals surface area contributed by atoms with E-state index in [0.717, 1.165) is 11.3 Å². The predicted molar refractivity (Wildman–Crippen MR) is 114 cm³/mol. The van der Waals surface area contributed by atoms with E-state index in [4.69, 9.17) is 4.74 Å². The molecule has 30 heavy (non-hydrogen) atoms. The lowest BCUT2D eigenvalue weighted by Crippen LogP contribution is -2.50. The van der Waals surface area contributed by atoms with Crippen LogP contribution < -0.4 is 10.1 Å². The van der Waals surface area contributed by atoms with Crippen LogP contribution in [0.2, 0.25) is 0 Å². The zero-order valence-corrected chi connectivity index (χ0v) is 17.4. The number of ether oxygens (including phenoxy) is 1. The first-order chi connectivity index (χ1) is 14.4. The SMILES string of the molecule is CC(=O)N1CCN(C(=O)CCC(=O)Nc2ccc(Oc3cccc(C)c3)cc2)CC1. The number of piperazine rings is 1. The molecule has 7 heteroatoms. The fourth-order valence-electron chi connectivity index (χ4n) is 3.29. The fourth-order valence-corrected chi connectivity index (χ4v) is 3.29. The molecule has 0 atom stereocenters. The Morgan fingerprint density at radius 2 is 1.57 bits per heavy atom. The highest BCUT2D eigenvalue weighted by molar-refractivity contribution is 5.93. The van der Waals surface area contributed by atoms with Crippen LogP contribution in [-0.4, -0.2) is 53.7 Å². The third-order valence-corrected chi connectivity index (χ3v) is 5.01. The first-order valence-electron chi connectivity index (χ1n) is 10.1. The van der Waals surface area contributed by atoms with Gasteiger partial charge in [-0.25, -0.2) is 0 Å². The number of carbonyl (C=O) groups excluding carboxylic acids is 3. The largest absolute Gasteiger partial charge is 0.457 e. The summed E-state index contributed by atoms with van der Waals surface area (Å²) in [6.07, 6.45) is 0.272. The van der Waals surface area contributed by atoms with Crippen LogP contribution in [0.4, 0.5) is 5.69 Å². The lowest BCUT2D eigenvalue weighted by molar-refractivity contribution is -0.138. The zero-order valence-electron chi connectivity index (χ0n) is 17.4. The summed E-state index contributed by atoms with van der Waals surface area (Å²) in [5, 5.41) is 2.80. The Bertz CT molecular complexity index is 903. The van der Waals surface area contributed by atoms with Gasteiger partial charge in [0.1, 0.15) is 11.5 Å². The molecular formula is C23H27N3O4. The average Bonchev–Trinajstić information content (AvgIpc) is 2.73. The molecule has 0 bridgehead atoms. The molecule has 1 aliphatic heterocycles. The smallest absolute Gasteiger partial charge is 0.224 e. The maximum atomic E-state index is 12.3. The molecule has 1 fully saturated rings. The van der Waals surface area contributed by atoms with E-state index in [1.165, 1.54) is 6.92 Å². The third-order valence-electron chi connectivity index (χ3n) is 5.01. The van der Waals surface area contributed by atoms with Crippen LogP contribution in [0.3, 0.4) is 0 Å². The first-order valence-corrected chi connectivity index (χ1v) is 10.1. The van der Waals surface area contributed by atoms with Crippen molar-refractivity contribution in [3.8, 4) is 11.5 Å². The van der Waals surface area contributed by atoms with Gasteiger partial charge in [-0.1, -0.05) is 12.1 Å². The molecule has 0 aliphatic carbocycles. The molecule has 0 saturated carbocycles. The molecule has 1 N–H and O–H groups in total. The molecule has 158 valence electrons. The summed E-state index contributed by atoms with van der Waals surface area (Å²) < 4.78 is 5.80.